The van der Waals surface area contributed by atoms with Crippen LogP contribution in [0.25, 0.3) is 0 Å². The van der Waals surface area contributed by atoms with Gasteiger partial charge in [-0.3, -0.25) is 62.4 Å². The van der Waals surface area contributed by atoms with E-state index in [0.29, 0.717) is 169 Å². The minimum atomic E-state index is -1.05. The highest BCUT2D eigenvalue weighted by Crippen LogP contribution is 2.33. The van der Waals surface area contributed by atoms with Crippen LogP contribution in [0.15, 0.2) is 40.6 Å². The van der Waals surface area contributed by atoms with Crippen molar-refractivity contribution in [2.45, 2.75) is 233 Å². The number of nitrogens with zero attached hydrogens (tertiary/aromatic N) is 7. The van der Waals surface area contributed by atoms with Crippen LogP contribution in [-0.2, 0) is 121 Å². The molecule has 1 aromatic carbocycles. The van der Waals surface area contributed by atoms with E-state index in [1.165, 1.54) is 35.8 Å². The third-order valence-electron chi connectivity index (χ3n) is 24.0. The molecule has 0 radical (unpaired) electrons. The zero-order chi connectivity index (χ0) is 100. The van der Waals surface area contributed by atoms with Crippen molar-refractivity contribution in [3.63, 3.8) is 0 Å². The zero-order valence-electron chi connectivity index (χ0n) is 84.5. The minimum Gasteiger partial charge on any atom is -0.481 e. The van der Waals surface area contributed by atoms with Crippen LogP contribution >= 0.6 is 35.3 Å². The number of carbonyl (C=O) groups excluding carboxylic acids is 11. The Labute approximate surface area is 823 Å². The molecule has 10 atom stereocenters. The first-order valence-electron chi connectivity index (χ1n) is 49.2. The number of benzene rings is 1. The second-order valence-electron chi connectivity index (χ2n) is 35.3. The van der Waals surface area contributed by atoms with Crippen molar-refractivity contribution in [3.05, 3.63) is 35.9 Å². The highest BCUT2D eigenvalue weighted by Gasteiger charge is 2.44. The molecule has 2 saturated heterocycles. The number of nitrogens with one attached hydrogen (secondary N) is 3. The lowest BCUT2D eigenvalue weighted by Crippen LogP contribution is -2.53. The highest BCUT2D eigenvalue weighted by atomic mass is 32.2. The molecule has 1 unspecified atom stereocenters. The first-order valence-corrected chi connectivity index (χ1v) is 53.0. The number of unbranched alkanes of at least 4 members (excludes halogenated alkanes) is 4. The Morgan fingerprint density at radius 3 is 1.51 bits per heavy atom. The molecule has 2 fully saturated rings. The van der Waals surface area contributed by atoms with E-state index in [-0.39, 0.29) is 212 Å². The molecule has 3 rings (SSSR count). The monoisotopic (exact) mass is 1980 g/mol. The van der Waals surface area contributed by atoms with Crippen LogP contribution in [0.3, 0.4) is 0 Å². The number of oxime groups is 2. The lowest BCUT2D eigenvalue weighted by atomic mass is 9.83. The van der Waals surface area contributed by atoms with Gasteiger partial charge in [0, 0.05) is 167 Å². The van der Waals surface area contributed by atoms with Crippen LogP contribution in [0.4, 0.5) is 0 Å². The van der Waals surface area contributed by atoms with E-state index in [9.17, 15) is 62.6 Å². The summed E-state index contributed by atoms with van der Waals surface area (Å²) < 4.78 is 56.6. The van der Waals surface area contributed by atoms with Crippen LogP contribution in [0.2, 0.25) is 0 Å². The fourth-order valence-corrected chi connectivity index (χ4v) is 18.4. The number of carboxylic acid groups (broad SMARTS) is 1. The molecule has 0 aliphatic carbocycles. The Bertz CT molecular complexity index is 3530. The van der Waals surface area contributed by atoms with Gasteiger partial charge < -0.3 is 97.7 Å². The lowest BCUT2D eigenvalue weighted by molar-refractivity contribution is -0.148. The van der Waals surface area contributed by atoms with Gasteiger partial charge in [0.25, 0.3) is 0 Å². The van der Waals surface area contributed by atoms with Gasteiger partial charge in [-0.15, -0.1) is 11.8 Å². The Morgan fingerprint density at radius 2 is 1.04 bits per heavy atom. The first kappa shape index (κ1) is 123. The second-order valence-corrected chi connectivity index (χ2v) is 38.3. The van der Waals surface area contributed by atoms with E-state index in [1.54, 1.807) is 59.2 Å². The summed E-state index contributed by atoms with van der Waals surface area (Å²) in [7, 11) is 6.35. The summed E-state index contributed by atoms with van der Waals surface area (Å²) in [6.07, 6.45) is 11.6. The number of carbonyl (C=O) groups is 12. The van der Waals surface area contributed by atoms with E-state index >= 15 is 0 Å². The molecule has 778 valence electrons. The number of amides is 9. The number of imide groups is 1. The van der Waals surface area contributed by atoms with Gasteiger partial charge in [-0.05, 0) is 87.2 Å². The number of hydrogen-bond donors (Lipinski definition) is 4. The molecule has 35 nitrogen and oxygen atoms in total. The first-order chi connectivity index (χ1) is 65.5. The third-order valence-corrected chi connectivity index (χ3v) is 26.5. The Balaban J connectivity index is 1.41. The molecule has 4 N–H and O–H groups in total. The predicted molar refractivity (Wildman–Crippen MR) is 530 cm³/mol. The maximum atomic E-state index is 14.9. The van der Waals surface area contributed by atoms with Crippen LogP contribution in [0.1, 0.15) is 203 Å². The third kappa shape index (κ3) is 52.0. The van der Waals surface area contributed by atoms with Gasteiger partial charge in [0.05, 0.1) is 159 Å². The maximum Gasteiger partial charge on any atom is 0.307 e. The highest BCUT2D eigenvalue weighted by molar-refractivity contribution is 8.00. The largest absolute Gasteiger partial charge is 0.481 e. The van der Waals surface area contributed by atoms with Gasteiger partial charge in [-0.1, -0.05) is 135 Å². The average Bonchev–Trinajstić information content (AvgIpc) is 1.31. The molecule has 2 aliphatic rings. The molecule has 38 heteroatoms. The van der Waals surface area contributed by atoms with Gasteiger partial charge in [-0.2, -0.15) is 23.5 Å². The molecular weight excluding hydrogens is 1810 g/mol. The summed E-state index contributed by atoms with van der Waals surface area (Å²) >= 11 is 4.69. The average molecular weight is 1980 g/mol. The number of ether oxygens (including phenoxy) is 10. The van der Waals surface area contributed by atoms with Crippen LogP contribution < -0.4 is 16.0 Å². The van der Waals surface area contributed by atoms with Crippen molar-refractivity contribution in [3.8, 4) is 0 Å². The number of rotatable bonds is 85. The summed E-state index contributed by atoms with van der Waals surface area (Å²) in [6, 6.07) is 7.81. The topological polar surface area (TPSA) is 413 Å². The molecule has 0 saturated carbocycles. The van der Waals surface area contributed by atoms with Crippen molar-refractivity contribution in [2.24, 2.45) is 51.7 Å². The summed E-state index contributed by atoms with van der Waals surface area (Å²) in [5.74, 6) is -4.88. The number of aliphatic carboxylic acids is 1. The van der Waals surface area contributed by atoms with E-state index in [0.717, 1.165) is 54.2 Å². The Hall–Kier alpha value is -6.95. The van der Waals surface area contributed by atoms with Crippen molar-refractivity contribution in [1.29, 1.82) is 0 Å². The predicted octanol–water partition coefficient (Wildman–Crippen LogP) is 9.91. The van der Waals surface area contributed by atoms with Crippen molar-refractivity contribution < 1.29 is 120 Å². The molecular formula is C98H168N10O25S3. The van der Waals surface area contributed by atoms with Crippen molar-refractivity contribution in [1.82, 2.24) is 40.4 Å². The number of likely N-dealkylation sites (N-methyl/N-ethyl adjacent to an activating group) is 2. The van der Waals surface area contributed by atoms with Crippen LogP contribution in [-0.4, -0.2) is 371 Å². The number of thioether (sulfide) groups is 3. The molecule has 0 aromatic heterocycles. The molecule has 136 heavy (non-hydrogen) atoms. The minimum absolute atomic E-state index is 0.0137. The van der Waals surface area contributed by atoms with Gasteiger partial charge >= 0.3 is 5.97 Å². The summed E-state index contributed by atoms with van der Waals surface area (Å²) in [5.41, 5.74) is 2.90. The van der Waals surface area contributed by atoms with Crippen LogP contribution in [0, 0.1) is 41.4 Å². The van der Waals surface area contributed by atoms with Crippen LogP contribution in [0.5, 0.6) is 0 Å². The number of ketones is 2. The van der Waals surface area contributed by atoms with E-state index in [4.69, 9.17) is 57.0 Å². The summed E-state index contributed by atoms with van der Waals surface area (Å²) in [5, 5.41) is 26.5. The SMILES string of the molecule is CCC/C(CSC)=N/OCCOCCOCCOCCOCCC(=O)NCCN(CCNC(=O)CCOCCOCCOCCOCCO/N=C(\CCC)CSC)C(=O)CCCCCNC(=O)CCSC1CC(=O)N(CCCCCC(=O)N(C)[C@H](C(=O)C[C@H](C(=O)N(C)[C@@H]([C@@H](C)CC)[C@@H](CC(=O)N2CC[C@@H]([C@H](OC)[C@@H](C)C(=O)C[C@@H](Cc3ccccc3)C(=O)O)C2)OC)C(C)C)C(C)C)C1=O. The number of carboxylic acids is 1. The molecule has 1 aromatic rings. The lowest BCUT2D eigenvalue weighted by Gasteiger charge is -2.40. The van der Waals surface area contributed by atoms with Gasteiger partial charge in [0.15, 0.2) is 5.78 Å². The number of likely N-dealkylation sites (tertiary alicyclic amines) is 2. The van der Waals surface area contributed by atoms with Crippen molar-refractivity contribution in [2.75, 3.05) is 229 Å². The zero-order valence-corrected chi connectivity index (χ0v) is 86.9. The second kappa shape index (κ2) is 75.9. The molecule has 2 heterocycles. The maximum absolute atomic E-state index is 14.9. The standard InChI is InChI=1S/C98H168N10O25S3/c1-16-28-79(70-134-14)102-132-61-59-130-57-55-128-53-51-126-49-47-124-45-35-86(111)100-39-43-106(44-40-101-87(112)36-46-125-48-50-127-52-54-129-56-58-131-60-62-133-103-80(29-17-2)71-135-15)90(115)33-24-20-26-38-99-88(113)37-63-136-85-68-92(117)108(97(85)119)41-27-21-25-32-89(114)104(10)93(73(6)7)83(110)66-81(72(4)5)96(118)105(11)94(74(8)18-3)84(122-12)67-91(116)107-42-34-77(69-107)95(123-13)75(9)82(109)65-78(98(120)121)64-76-30-22-19-23-31-76/h19,22-23,30-31,72-75,77-78,81,84-85,93-95H,16-18,20-21,24-29,32-71H2,1-15H3,(H,99,113)(H,100,111)(H,101,112)(H,120,121)/b102-79-,103-80+/t74-,75-,77+,78+,81-,84+,85?,93-,94-,95+/m0/s1. The fraction of sp³-hybridized carbons (Fsp3) is 0.796. The molecule has 9 amide bonds. The Morgan fingerprint density at radius 1 is 0.544 bits per heavy atom. The molecule has 0 spiro atoms. The molecule has 0 bridgehead atoms. The number of Topliss-reactive ketones (excluding diaryl/α,β-unsaturated/α-hetero) is 2. The summed E-state index contributed by atoms with van der Waals surface area (Å²) in [4.78, 5) is 181. The Kier molecular flexibility index (Phi) is 68.7. The number of methoxy groups -OCH3 is 2. The summed E-state index contributed by atoms with van der Waals surface area (Å²) in [6.45, 7) is 25.9. The van der Waals surface area contributed by atoms with Gasteiger partial charge in [0.1, 0.15) is 19.0 Å². The normalized spacial score (nSPS) is 15.9. The van der Waals surface area contributed by atoms with E-state index in [1.807, 2.05) is 84.4 Å². The van der Waals surface area contributed by atoms with E-state index in [2.05, 4.69) is 40.1 Å². The smallest absolute Gasteiger partial charge is 0.307 e. The quantitative estimate of drug-likeness (QED) is 0.0204. The van der Waals surface area contributed by atoms with Gasteiger partial charge in [-0.25, -0.2) is 0 Å². The van der Waals surface area contributed by atoms with Gasteiger partial charge in [0.2, 0.25) is 53.2 Å². The number of hydrogen-bond acceptors (Lipinski definition) is 29. The fourth-order valence-electron chi connectivity index (χ4n) is 16.3. The van der Waals surface area contributed by atoms with E-state index < -0.39 is 53.3 Å². The van der Waals surface area contributed by atoms with Crippen molar-refractivity contribution >= 4 is 117 Å². The molecule has 2 aliphatic heterocycles.